The van der Waals surface area contributed by atoms with E-state index < -0.39 is 28.2 Å². The second-order valence-electron chi connectivity index (χ2n) is 1.94. The van der Waals surface area contributed by atoms with Crippen molar-refractivity contribution in [1.82, 2.24) is 4.98 Å². The van der Waals surface area contributed by atoms with Crippen molar-refractivity contribution >= 4 is 26.7 Å². The smallest absolute Gasteiger partial charge is 0.218 e. The minimum absolute atomic E-state index is 0.429. The summed E-state index contributed by atoms with van der Waals surface area (Å²) in [4.78, 5) is 12.6. The van der Waals surface area contributed by atoms with Crippen LogP contribution in [0.15, 0.2) is 4.79 Å². The first-order chi connectivity index (χ1) is 5.04. The lowest BCUT2D eigenvalue weighted by Crippen LogP contribution is -2.35. The van der Waals surface area contributed by atoms with Crippen molar-refractivity contribution in [3.63, 3.8) is 0 Å². The second kappa shape index (κ2) is 2.45. The van der Waals surface area contributed by atoms with Gasteiger partial charge in [0.2, 0.25) is 5.43 Å². The van der Waals surface area contributed by atoms with Crippen LogP contribution >= 0.6 is 0 Å². The first-order valence-corrected chi connectivity index (χ1v) is 2.69. The van der Waals surface area contributed by atoms with E-state index in [2.05, 4.69) is 0 Å². The predicted molar refractivity (Wildman–Crippen MR) is 39.5 cm³/mol. The number of aromatic nitrogens is 1. The summed E-state index contributed by atoms with van der Waals surface area (Å²) in [6.45, 7) is 0. The first-order valence-electron chi connectivity index (χ1n) is 2.69. The molecule has 2 N–H and O–H groups in total. The van der Waals surface area contributed by atoms with Crippen molar-refractivity contribution in [1.29, 1.82) is 0 Å². The van der Waals surface area contributed by atoms with Crippen LogP contribution in [0.1, 0.15) is 0 Å². The van der Waals surface area contributed by atoms with Gasteiger partial charge in [0.1, 0.15) is 15.7 Å². The Morgan fingerprint density at radius 2 is 2.00 bits per heavy atom. The normalized spacial score (nSPS) is 9.91. The zero-order valence-corrected chi connectivity index (χ0v) is 5.39. The summed E-state index contributed by atoms with van der Waals surface area (Å²) >= 11 is 0. The number of aromatic hydroxyl groups is 1. The van der Waals surface area contributed by atoms with E-state index in [9.17, 15) is 9.18 Å². The van der Waals surface area contributed by atoms with Gasteiger partial charge in [-0.15, -0.1) is 0 Å². The molecule has 3 nitrogen and oxygen atoms in total. The highest BCUT2D eigenvalue weighted by Crippen LogP contribution is 1.89. The summed E-state index contributed by atoms with van der Waals surface area (Å²) in [7, 11) is 9.91. The van der Waals surface area contributed by atoms with Gasteiger partial charge < -0.3 is 10.1 Å². The van der Waals surface area contributed by atoms with Crippen molar-refractivity contribution in [2.24, 2.45) is 0 Å². The van der Waals surface area contributed by atoms with Crippen LogP contribution in [0.5, 0.6) is 5.75 Å². The highest BCUT2D eigenvalue weighted by Gasteiger charge is 2.07. The van der Waals surface area contributed by atoms with Gasteiger partial charge in [-0.05, 0) is 0 Å². The predicted octanol–water partition coefficient (Wildman–Crippen LogP) is -2.19. The van der Waals surface area contributed by atoms with Gasteiger partial charge in [0.25, 0.3) is 0 Å². The molecule has 0 unspecified atom stereocenters. The third-order valence-electron chi connectivity index (χ3n) is 1.20. The molecule has 0 aliphatic carbocycles. The molecule has 0 saturated heterocycles. The number of hydrogen-bond acceptors (Lipinski definition) is 2. The van der Waals surface area contributed by atoms with E-state index >= 15 is 0 Å². The Morgan fingerprint density at radius 1 is 1.45 bits per heavy atom. The summed E-state index contributed by atoms with van der Waals surface area (Å²) < 4.78 is 12.4. The van der Waals surface area contributed by atoms with Crippen LogP contribution in [-0.4, -0.2) is 25.8 Å². The van der Waals surface area contributed by atoms with E-state index in [0.717, 1.165) is 0 Å². The number of halogens is 1. The largest absolute Gasteiger partial charge is 0.504 e. The summed E-state index contributed by atoms with van der Waals surface area (Å²) in [5.74, 6) is -1.80. The summed E-state index contributed by atoms with van der Waals surface area (Å²) in [6.07, 6.45) is 0. The molecule has 0 atom stereocenters. The Bertz CT molecular complexity index is 320. The van der Waals surface area contributed by atoms with Gasteiger partial charge in [-0.1, -0.05) is 0 Å². The Labute approximate surface area is 64.1 Å². The Hall–Kier alpha value is -1.19. The summed E-state index contributed by atoms with van der Waals surface area (Å²) in [6, 6.07) is 0. The minimum atomic E-state index is -1.04. The van der Waals surface area contributed by atoms with Crippen LogP contribution < -0.4 is 16.5 Å². The van der Waals surface area contributed by atoms with Crippen molar-refractivity contribution in [3.8, 4) is 5.75 Å². The molecule has 1 aromatic rings. The van der Waals surface area contributed by atoms with Crippen molar-refractivity contribution in [2.45, 2.75) is 0 Å². The molecule has 52 valence electrons. The maximum Gasteiger partial charge on any atom is 0.218 e. The Morgan fingerprint density at radius 3 is 2.55 bits per heavy atom. The lowest BCUT2D eigenvalue weighted by Gasteiger charge is -2.01. The number of H-pyrrole nitrogens is 1. The summed E-state index contributed by atoms with van der Waals surface area (Å²) in [5, 5.41) is 8.80. The molecule has 0 amide bonds. The highest BCUT2D eigenvalue weighted by atomic mass is 19.1. The number of rotatable bonds is 0. The summed E-state index contributed by atoms with van der Waals surface area (Å²) in [5.41, 5.74) is -2.10. The number of nitrogens with one attached hydrogen (secondary N) is 1. The number of pyridine rings is 1. The van der Waals surface area contributed by atoms with Gasteiger partial charge in [0.15, 0.2) is 11.7 Å². The molecule has 6 heteroatoms. The molecule has 0 spiro atoms. The number of aromatic amines is 1. The average molecular weight is 149 g/mol. The first kappa shape index (κ1) is 7.91. The lowest BCUT2D eigenvalue weighted by molar-refractivity contribution is 0.469. The molecule has 0 saturated carbocycles. The van der Waals surface area contributed by atoms with Crippen LogP contribution in [0.4, 0.5) is 4.39 Å². The van der Waals surface area contributed by atoms with E-state index in [0.29, 0.717) is 0 Å². The fourth-order valence-electron chi connectivity index (χ4n) is 0.594. The standard InChI is InChI=1S/C5H2B2FNO2/c6-1-2(10)3(11)4(7)9-5(1)8/h11H,(H,9,10). The SMILES string of the molecule is [B]c1[nH]c(F)c([B])c(=O)c1O. The van der Waals surface area contributed by atoms with Gasteiger partial charge in [-0.3, -0.25) is 4.79 Å². The van der Waals surface area contributed by atoms with Crippen LogP contribution in [0.25, 0.3) is 0 Å². The van der Waals surface area contributed by atoms with Gasteiger partial charge in [0.05, 0.1) is 0 Å². The maximum absolute atomic E-state index is 12.4. The number of hydrogen-bond donors (Lipinski definition) is 2. The topological polar surface area (TPSA) is 53.1 Å². The van der Waals surface area contributed by atoms with Gasteiger partial charge in [-0.25, -0.2) is 0 Å². The van der Waals surface area contributed by atoms with Crippen molar-refractivity contribution in [3.05, 3.63) is 16.2 Å². The zero-order valence-electron chi connectivity index (χ0n) is 5.39. The quantitative estimate of drug-likeness (QED) is 0.325. The zero-order chi connectivity index (χ0) is 8.59. The third kappa shape index (κ3) is 1.15. The molecular formula is C5H2B2FNO2. The highest BCUT2D eigenvalue weighted by molar-refractivity contribution is 6.35. The molecule has 0 aliphatic rings. The third-order valence-corrected chi connectivity index (χ3v) is 1.20. The lowest BCUT2D eigenvalue weighted by atomic mass is 9.93. The Balaban J connectivity index is 3.59. The fourth-order valence-corrected chi connectivity index (χ4v) is 0.594. The molecule has 0 fully saturated rings. The van der Waals surface area contributed by atoms with Gasteiger partial charge in [-0.2, -0.15) is 4.39 Å². The molecule has 0 aromatic carbocycles. The van der Waals surface area contributed by atoms with Gasteiger partial charge in [0, 0.05) is 11.1 Å². The second-order valence-corrected chi connectivity index (χ2v) is 1.94. The van der Waals surface area contributed by atoms with E-state index in [-0.39, 0.29) is 0 Å². The fraction of sp³-hybridized carbons (Fsp3) is 0. The molecule has 1 aromatic heterocycles. The molecule has 1 rings (SSSR count). The molecule has 1 heterocycles. The van der Waals surface area contributed by atoms with Crippen LogP contribution in [0.2, 0.25) is 0 Å². The van der Waals surface area contributed by atoms with E-state index in [4.69, 9.17) is 20.8 Å². The molecule has 4 radical (unpaired) electrons. The average Bonchev–Trinajstić information content (AvgIpc) is 1.97. The molecular weight excluding hydrogens is 147 g/mol. The van der Waals surface area contributed by atoms with E-state index in [1.54, 1.807) is 0 Å². The van der Waals surface area contributed by atoms with Crippen molar-refractivity contribution in [2.75, 3.05) is 0 Å². The molecule has 11 heavy (non-hydrogen) atoms. The van der Waals surface area contributed by atoms with Crippen LogP contribution in [-0.2, 0) is 0 Å². The van der Waals surface area contributed by atoms with Crippen LogP contribution in [0.3, 0.4) is 0 Å². The Kier molecular flexibility index (Phi) is 1.76. The minimum Gasteiger partial charge on any atom is -0.504 e. The van der Waals surface area contributed by atoms with Crippen molar-refractivity contribution < 1.29 is 9.50 Å². The molecule has 0 bridgehead atoms. The van der Waals surface area contributed by atoms with E-state index in [1.807, 2.05) is 4.98 Å². The van der Waals surface area contributed by atoms with Crippen LogP contribution in [0, 0.1) is 5.95 Å². The van der Waals surface area contributed by atoms with E-state index in [1.165, 1.54) is 0 Å². The van der Waals surface area contributed by atoms with Gasteiger partial charge >= 0.3 is 0 Å². The monoisotopic (exact) mass is 149 g/mol. The maximum atomic E-state index is 12.4. The molecule has 0 aliphatic heterocycles.